The second-order valence-electron chi connectivity index (χ2n) is 4.21. The zero-order valence-electron chi connectivity index (χ0n) is 9.41. The Hall–Kier alpha value is -0.960. The van der Waals surface area contributed by atoms with Gasteiger partial charge in [-0.05, 0) is 19.8 Å². The summed E-state index contributed by atoms with van der Waals surface area (Å²) in [6.45, 7) is 8.27. The van der Waals surface area contributed by atoms with Gasteiger partial charge in [-0.3, -0.25) is 0 Å². The predicted molar refractivity (Wildman–Crippen MR) is 57.9 cm³/mol. The van der Waals surface area contributed by atoms with E-state index in [9.17, 15) is 0 Å². The smallest absolute Gasteiger partial charge is 0.128 e. The zero-order chi connectivity index (χ0) is 10.7. The average Bonchev–Trinajstić information content (AvgIpc) is 2.01. The molecule has 0 aromatic carbocycles. The molecule has 2 N–H and O–H groups in total. The van der Waals surface area contributed by atoms with Crippen LogP contribution in [0.4, 0.5) is 0 Å². The van der Waals surface area contributed by atoms with Gasteiger partial charge in [-0.15, -0.1) is 0 Å². The fourth-order valence-corrected chi connectivity index (χ4v) is 1.44. The van der Waals surface area contributed by atoms with Crippen LogP contribution in [0.25, 0.3) is 0 Å². The van der Waals surface area contributed by atoms with Crippen molar-refractivity contribution in [3.05, 3.63) is 23.3 Å². The number of hydrogen-bond acceptors (Lipinski definition) is 3. The lowest BCUT2D eigenvalue weighted by Crippen LogP contribution is -2.11. The Kier molecular flexibility index (Phi) is 3.58. The molecule has 1 atom stereocenters. The van der Waals surface area contributed by atoms with E-state index in [1.807, 2.05) is 20.0 Å². The summed E-state index contributed by atoms with van der Waals surface area (Å²) in [5, 5.41) is 0. The van der Waals surface area contributed by atoms with Crippen LogP contribution in [-0.2, 0) is 6.42 Å². The van der Waals surface area contributed by atoms with Gasteiger partial charge in [0, 0.05) is 29.9 Å². The van der Waals surface area contributed by atoms with Gasteiger partial charge in [-0.1, -0.05) is 13.8 Å². The first-order valence-corrected chi connectivity index (χ1v) is 5.08. The SMILES string of the molecule is Cc1nc(CC(C)C)ncc1[C@@H](C)N. The van der Waals surface area contributed by atoms with Gasteiger partial charge < -0.3 is 5.73 Å². The molecule has 0 aliphatic rings. The lowest BCUT2D eigenvalue weighted by Gasteiger charge is -2.10. The number of rotatable bonds is 3. The van der Waals surface area contributed by atoms with Gasteiger partial charge in [-0.2, -0.15) is 0 Å². The predicted octanol–water partition coefficient (Wildman–Crippen LogP) is 2.00. The fraction of sp³-hybridized carbons (Fsp3) is 0.636. The van der Waals surface area contributed by atoms with Crippen LogP contribution in [0.15, 0.2) is 6.20 Å². The van der Waals surface area contributed by atoms with E-state index in [4.69, 9.17) is 5.73 Å². The highest BCUT2D eigenvalue weighted by molar-refractivity contribution is 5.19. The standard InChI is InChI=1S/C11H19N3/c1-7(2)5-11-13-6-10(8(3)12)9(4)14-11/h6-8H,5,12H2,1-4H3/t8-/m1/s1. The molecule has 3 heteroatoms. The molecule has 0 saturated heterocycles. The Morgan fingerprint density at radius 3 is 2.43 bits per heavy atom. The van der Waals surface area contributed by atoms with Crippen LogP contribution < -0.4 is 5.73 Å². The molecule has 0 aliphatic carbocycles. The molecule has 14 heavy (non-hydrogen) atoms. The van der Waals surface area contributed by atoms with Gasteiger partial charge in [0.2, 0.25) is 0 Å². The van der Waals surface area contributed by atoms with Gasteiger partial charge >= 0.3 is 0 Å². The van der Waals surface area contributed by atoms with Crippen LogP contribution in [0.1, 0.15) is 43.9 Å². The molecule has 0 spiro atoms. The molecule has 0 unspecified atom stereocenters. The number of nitrogens with two attached hydrogens (primary N) is 1. The second kappa shape index (κ2) is 4.51. The van der Waals surface area contributed by atoms with Crippen LogP contribution >= 0.6 is 0 Å². The number of nitrogens with zero attached hydrogens (tertiary/aromatic N) is 2. The fourth-order valence-electron chi connectivity index (χ4n) is 1.44. The average molecular weight is 193 g/mol. The molecule has 0 amide bonds. The topological polar surface area (TPSA) is 51.8 Å². The molecule has 0 bridgehead atoms. The molecule has 1 heterocycles. The Morgan fingerprint density at radius 1 is 1.36 bits per heavy atom. The van der Waals surface area contributed by atoms with E-state index in [2.05, 4.69) is 23.8 Å². The van der Waals surface area contributed by atoms with E-state index >= 15 is 0 Å². The van der Waals surface area contributed by atoms with Crippen molar-refractivity contribution in [1.29, 1.82) is 0 Å². The maximum atomic E-state index is 5.79. The molecule has 0 radical (unpaired) electrons. The normalized spacial score (nSPS) is 13.3. The van der Waals surface area contributed by atoms with Gasteiger partial charge in [0.15, 0.2) is 0 Å². The molecule has 1 aromatic heterocycles. The van der Waals surface area contributed by atoms with E-state index in [0.29, 0.717) is 5.92 Å². The minimum Gasteiger partial charge on any atom is -0.324 e. The first-order chi connectivity index (χ1) is 6.50. The molecular weight excluding hydrogens is 174 g/mol. The number of hydrogen-bond donors (Lipinski definition) is 1. The first-order valence-electron chi connectivity index (χ1n) is 5.08. The van der Waals surface area contributed by atoms with Crippen molar-refractivity contribution in [2.24, 2.45) is 11.7 Å². The largest absolute Gasteiger partial charge is 0.324 e. The van der Waals surface area contributed by atoms with E-state index in [0.717, 1.165) is 23.5 Å². The summed E-state index contributed by atoms with van der Waals surface area (Å²) in [7, 11) is 0. The molecule has 1 rings (SSSR count). The van der Waals surface area contributed by atoms with E-state index in [1.54, 1.807) is 0 Å². The lowest BCUT2D eigenvalue weighted by atomic mass is 10.1. The lowest BCUT2D eigenvalue weighted by molar-refractivity contribution is 0.615. The molecule has 78 valence electrons. The minimum atomic E-state index is 0.0168. The summed E-state index contributed by atoms with van der Waals surface area (Å²) in [6, 6.07) is 0.0168. The van der Waals surface area contributed by atoms with Crippen LogP contribution in [0, 0.1) is 12.8 Å². The van der Waals surface area contributed by atoms with Crippen LogP contribution in [-0.4, -0.2) is 9.97 Å². The molecular formula is C11H19N3. The van der Waals surface area contributed by atoms with Crippen molar-refractivity contribution in [2.45, 2.75) is 40.2 Å². The van der Waals surface area contributed by atoms with Crippen molar-refractivity contribution in [2.75, 3.05) is 0 Å². The highest BCUT2D eigenvalue weighted by atomic mass is 14.9. The first kappa shape index (κ1) is 11.1. The Labute approximate surface area is 85.8 Å². The summed E-state index contributed by atoms with van der Waals surface area (Å²) in [5.41, 5.74) is 7.83. The van der Waals surface area contributed by atoms with Gasteiger partial charge in [0.05, 0.1) is 0 Å². The summed E-state index contributed by atoms with van der Waals surface area (Å²) in [4.78, 5) is 8.75. The minimum absolute atomic E-state index is 0.0168. The third-order valence-electron chi connectivity index (χ3n) is 2.15. The van der Waals surface area contributed by atoms with Crippen molar-refractivity contribution in [3.63, 3.8) is 0 Å². The van der Waals surface area contributed by atoms with Crippen molar-refractivity contribution in [1.82, 2.24) is 9.97 Å². The second-order valence-corrected chi connectivity index (χ2v) is 4.21. The Morgan fingerprint density at radius 2 is 2.00 bits per heavy atom. The monoisotopic (exact) mass is 193 g/mol. The maximum absolute atomic E-state index is 5.79. The summed E-state index contributed by atoms with van der Waals surface area (Å²) >= 11 is 0. The molecule has 0 aliphatic heterocycles. The highest BCUT2D eigenvalue weighted by Crippen LogP contribution is 2.13. The van der Waals surface area contributed by atoms with E-state index in [1.165, 1.54) is 0 Å². The molecule has 0 fully saturated rings. The zero-order valence-corrected chi connectivity index (χ0v) is 9.41. The van der Waals surface area contributed by atoms with Crippen LogP contribution in [0.3, 0.4) is 0 Å². The molecule has 0 saturated carbocycles. The molecule has 3 nitrogen and oxygen atoms in total. The quantitative estimate of drug-likeness (QED) is 0.798. The maximum Gasteiger partial charge on any atom is 0.128 e. The number of aromatic nitrogens is 2. The van der Waals surface area contributed by atoms with Crippen molar-refractivity contribution in [3.8, 4) is 0 Å². The van der Waals surface area contributed by atoms with Crippen LogP contribution in [0.2, 0.25) is 0 Å². The van der Waals surface area contributed by atoms with Gasteiger partial charge in [0.25, 0.3) is 0 Å². The van der Waals surface area contributed by atoms with Crippen molar-refractivity contribution < 1.29 is 0 Å². The van der Waals surface area contributed by atoms with Gasteiger partial charge in [0.1, 0.15) is 5.82 Å². The van der Waals surface area contributed by atoms with E-state index < -0.39 is 0 Å². The summed E-state index contributed by atoms with van der Waals surface area (Å²) in [5.74, 6) is 1.51. The third-order valence-corrected chi connectivity index (χ3v) is 2.15. The molecule has 1 aromatic rings. The van der Waals surface area contributed by atoms with Crippen LogP contribution in [0.5, 0.6) is 0 Å². The third kappa shape index (κ3) is 2.77. The Balaban J connectivity index is 2.89. The Bertz CT molecular complexity index is 305. The van der Waals surface area contributed by atoms with E-state index in [-0.39, 0.29) is 6.04 Å². The van der Waals surface area contributed by atoms with Crippen molar-refractivity contribution >= 4 is 0 Å². The van der Waals surface area contributed by atoms with Gasteiger partial charge in [-0.25, -0.2) is 9.97 Å². The highest BCUT2D eigenvalue weighted by Gasteiger charge is 2.07. The summed E-state index contributed by atoms with van der Waals surface area (Å²) in [6.07, 6.45) is 2.78. The summed E-state index contributed by atoms with van der Waals surface area (Å²) < 4.78 is 0. The number of aryl methyl sites for hydroxylation is 1.